The molecule has 0 radical (unpaired) electrons. The van der Waals surface area contributed by atoms with Crippen LogP contribution >= 0.6 is 0 Å². The highest BCUT2D eigenvalue weighted by Gasteiger charge is 2.30. The molecule has 3 heteroatoms. The van der Waals surface area contributed by atoms with E-state index in [4.69, 9.17) is 4.74 Å². The molecule has 2 aliphatic heterocycles. The topological polar surface area (TPSA) is 38.3 Å². The molecule has 1 aromatic rings. The van der Waals surface area contributed by atoms with Gasteiger partial charge in [-0.3, -0.25) is 4.79 Å². The Morgan fingerprint density at radius 1 is 1.17 bits per heavy atom. The lowest BCUT2D eigenvalue weighted by molar-refractivity contribution is -0.128. The molecule has 1 aromatic carbocycles. The van der Waals surface area contributed by atoms with Crippen LogP contribution in [0, 0.1) is 5.92 Å². The fraction of sp³-hybridized carbons (Fsp3) is 0.533. The minimum absolute atomic E-state index is 0.00278. The van der Waals surface area contributed by atoms with Crippen molar-refractivity contribution < 1.29 is 9.53 Å². The first-order chi connectivity index (χ1) is 8.84. The smallest absolute Gasteiger partial charge is 0.153 e. The van der Waals surface area contributed by atoms with E-state index < -0.39 is 0 Å². The first kappa shape index (κ1) is 11.9. The van der Waals surface area contributed by atoms with Gasteiger partial charge in [-0.1, -0.05) is 24.3 Å². The Morgan fingerprint density at radius 3 is 2.67 bits per heavy atom. The molecule has 2 heterocycles. The van der Waals surface area contributed by atoms with Crippen molar-refractivity contribution in [3.05, 3.63) is 35.4 Å². The summed E-state index contributed by atoms with van der Waals surface area (Å²) in [7, 11) is 0. The maximum atomic E-state index is 12.4. The van der Waals surface area contributed by atoms with E-state index in [9.17, 15) is 4.79 Å². The number of carbonyl (C=O) groups excluding carboxylic acids is 1. The van der Waals surface area contributed by atoms with Gasteiger partial charge in [-0.2, -0.15) is 0 Å². The van der Waals surface area contributed by atoms with Crippen LogP contribution in [0.15, 0.2) is 24.3 Å². The molecule has 1 N–H and O–H groups in total. The zero-order valence-electron chi connectivity index (χ0n) is 10.5. The summed E-state index contributed by atoms with van der Waals surface area (Å²) in [6.45, 7) is 2.29. The third-order valence-electron chi connectivity index (χ3n) is 4.05. The Bertz CT molecular complexity index is 438. The van der Waals surface area contributed by atoms with E-state index in [1.54, 1.807) is 0 Å². The molecule has 0 aromatic heterocycles. The lowest BCUT2D eigenvalue weighted by Gasteiger charge is -2.29. The third kappa shape index (κ3) is 2.33. The standard InChI is InChI=1S/C15H19NO2/c17-15(11-5-7-18-8-6-11)14-9-12-3-1-2-4-13(12)10-16-14/h1-4,11,14,16H,5-10H2. The lowest BCUT2D eigenvalue weighted by atomic mass is 9.85. The van der Waals surface area contributed by atoms with Gasteiger partial charge >= 0.3 is 0 Å². The Hall–Kier alpha value is -1.19. The van der Waals surface area contributed by atoms with Crippen molar-refractivity contribution in [1.29, 1.82) is 0 Å². The molecule has 3 rings (SSSR count). The van der Waals surface area contributed by atoms with Gasteiger partial charge in [0.15, 0.2) is 5.78 Å². The number of Topliss-reactive ketones (excluding diaryl/α,β-unsaturated/α-hetero) is 1. The Labute approximate surface area is 108 Å². The van der Waals surface area contributed by atoms with Gasteiger partial charge in [-0.05, 0) is 30.4 Å². The second kappa shape index (κ2) is 5.21. The second-order valence-electron chi connectivity index (χ2n) is 5.20. The maximum Gasteiger partial charge on any atom is 0.153 e. The largest absolute Gasteiger partial charge is 0.381 e. The van der Waals surface area contributed by atoms with E-state index in [1.165, 1.54) is 11.1 Å². The van der Waals surface area contributed by atoms with Gasteiger partial charge < -0.3 is 10.1 Å². The van der Waals surface area contributed by atoms with Crippen LogP contribution < -0.4 is 5.32 Å². The molecule has 1 unspecified atom stereocenters. The quantitative estimate of drug-likeness (QED) is 0.862. The van der Waals surface area contributed by atoms with E-state index >= 15 is 0 Å². The van der Waals surface area contributed by atoms with E-state index in [0.717, 1.165) is 39.0 Å². The van der Waals surface area contributed by atoms with Crippen molar-refractivity contribution in [3.63, 3.8) is 0 Å². The number of hydrogen-bond donors (Lipinski definition) is 1. The summed E-state index contributed by atoms with van der Waals surface area (Å²) in [6, 6.07) is 8.39. The molecular weight excluding hydrogens is 226 g/mol. The molecule has 96 valence electrons. The number of carbonyl (C=O) groups is 1. The molecule has 0 saturated carbocycles. The number of fused-ring (bicyclic) bond motifs is 1. The Morgan fingerprint density at radius 2 is 1.89 bits per heavy atom. The van der Waals surface area contributed by atoms with Gasteiger partial charge in [0.05, 0.1) is 6.04 Å². The summed E-state index contributed by atoms with van der Waals surface area (Å²) >= 11 is 0. The van der Waals surface area contributed by atoms with E-state index in [1.807, 2.05) is 0 Å². The summed E-state index contributed by atoms with van der Waals surface area (Å²) in [4.78, 5) is 12.4. The molecular formula is C15H19NO2. The summed E-state index contributed by atoms with van der Waals surface area (Å²) < 4.78 is 5.32. The van der Waals surface area contributed by atoms with Gasteiger partial charge in [0, 0.05) is 25.7 Å². The summed E-state index contributed by atoms with van der Waals surface area (Å²) in [5, 5.41) is 3.38. The van der Waals surface area contributed by atoms with E-state index in [0.29, 0.717) is 5.78 Å². The Balaban J connectivity index is 1.69. The normalized spacial score (nSPS) is 24.6. The van der Waals surface area contributed by atoms with Gasteiger partial charge in [0.1, 0.15) is 0 Å². The highest BCUT2D eigenvalue weighted by molar-refractivity contribution is 5.87. The summed E-state index contributed by atoms with van der Waals surface area (Å²) in [5.41, 5.74) is 2.65. The van der Waals surface area contributed by atoms with Crippen LogP contribution in [0.25, 0.3) is 0 Å². The minimum Gasteiger partial charge on any atom is -0.381 e. The second-order valence-corrected chi connectivity index (χ2v) is 5.20. The maximum absolute atomic E-state index is 12.4. The van der Waals surface area contributed by atoms with E-state index in [2.05, 4.69) is 29.6 Å². The van der Waals surface area contributed by atoms with E-state index in [-0.39, 0.29) is 12.0 Å². The third-order valence-corrected chi connectivity index (χ3v) is 4.05. The predicted molar refractivity (Wildman–Crippen MR) is 69.3 cm³/mol. The van der Waals surface area contributed by atoms with Crippen LogP contribution in [-0.4, -0.2) is 25.0 Å². The van der Waals surface area contributed by atoms with Crippen molar-refractivity contribution in [1.82, 2.24) is 5.32 Å². The minimum atomic E-state index is 0.00278. The molecule has 0 amide bonds. The number of ketones is 1. The fourth-order valence-electron chi connectivity index (χ4n) is 2.92. The zero-order chi connectivity index (χ0) is 12.4. The van der Waals surface area contributed by atoms with Gasteiger partial charge in [0.2, 0.25) is 0 Å². The monoisotopic (exact) mass is 245 g/mol. The average Bonchev–Trinajstić information content (AvgIpc) is 2.47. The fourth-order valence-corrected chi connectivity index (χ4v) is 2.92. The number of benzene rings is 1. The summed E-state index contributed by atoms with van der Waals surface area (Å²) in [6.07, 6.45) is 2.61. The van der Waals surface area contributed by atoms with Crippen LogP contribution in [-0.2, 0) is 22.5 Å². The molecule has 18 heavy (non-hydrogen) atoms. The van der Waals surface area contributed by atoms with Crippen LogP contribution in [0.2, 0.25) is 0 Å². The highest BCUT2D eigenvalue weighted by atomic mass is 16.5. The summed E-state index contributed by atoms with van der Waals surface area (Å²) in [5.74, 6) is 0.578. The molecule has 3 nitrogen and oxygen atoms in total. The SMILES string of the molecule is O=C(C1CCOCC1)C1Cc2ccccc2CN1. The molecule has 1 fully saturated rings. The van der Waals surface area contributed by atoms with Crippen LogP contribution in [0.3, 0.4) is 0 Å². The highest BCUT2D eigenvalue weighted by Crippen LogP contribution is 2.22. The van der Waals surface area contributed by atoms with Crippen molar-refractivity contribution in [2.45, 2.75) is 31.8 Å². The van der Waals surface area contributed by atoms with Crippen LogP contribution in [0.5, 0.6) is 0 Å². The number of rotatable bonds is 2. The van der Waals surface area contributed by atoms with Crippen molar-refractivity contribution in [2.24, 2.45) is 5.92 Å². The van der Waals surface area contributed by atoms with Crippen molar-refractivity contribution in [3.8, 4) is 0 Å². The molecule has 2 aliphatic rings. The van der Waals surface area contributed by atoms with Gasteiger partial charge in [0.25, 0.3) is 0 Å². The predicted octanol–water partition coefficient (Wildman–Crippen LogP) is 1.70. The zero-order valence-corrected chi connectivity index (χ0v) is 10.5. The van der Waals surface area contributed by atoms with Crippen molar-refractivity contribution >= 4 is 5.78 Å². The van der Waals surface area contributed by atoms with Crippen LogP contribution in [0.1, 0.15) is 24.0 Å². The Kier molecular flexibility index (Phi) is 3.43. The molecule has 0 spiro atoms. The average molecular weight is 245 g/mol. The molecule has 1 saturated heterocycles. The number of nitrogens with one attached hydrogen (secondary N) is 1. The first-order valence-electron chi connectivity index (χ1n) is 6.76. The van der Waals surface area contributed by atoms with Gasteiger partial charge in [-0.25, -0.2) is 0 Å². The molecule has 1 atom stereocenters. The van der Waals surface area contributed by atoms with Crippen molar-refractivity contribution in [2.75, 3.05) is 13.2 Å². The molecule has 0 aliphatic carbocycles. The molecule has 0 bridgehead atoms. The van der Waals surface area contributed by atoms with Crippen LogP contribution in [0.4, 0.5) is 0 Å². The number of hydrogen-bond acceptors (Lipinski definition) is 3. The lowest BCUT2D eigenvalue weighted by Crippen LogP contribution is -2.45. The van der Waals surface area contributed by atoms with Gasteiger partial charge in [-0.15, -0.1) is 0 Å². The number of ether oxygens (including phenoxy) is 1. The first-order valence-corrected chi connectivity index (χ1v) is 6.76.